The molecule has 1 fully saturated rings. The molecule has 1 aliphatic rings. The van der Waals surface area contributed by atoms with Crippen LogP contribution in [0.4, 0.5) is 13.2 Å². The van der Waals surface area contributed by atoms with Crippen LogP contribution in [0.2, 0.25) is 0 Å². The van der Waals surface area contributed by atoms with Gasteiger partial charge in [0.05, 0.1) is 18.3 Å². The molecule has 2 atom stereocenters. The number of hydrogen-bond donors (Lipinski definition) is 1. The standard InChI is InChI=1S/C15H20F3NO2/c1-21-10-14(20)9-19-6-5-12(8-19)11-3-2-4-13(7-11)15(16,17)18/h2-4,7,12,14,20H,5-6,8-10H2,1H3/t12-,14-/m1/s1. The first-order valence-corrected chi connectivity index (χ1v) is 6.96. The van der Waals surface area contributed by atoms with E-state index in [0.717, 1.165) is 19.0 Å². The first kappa shape index (κ1) is 16.3. The van der Waals surface area contributed by atoms with E-state index in [9.17, 15) is 18.3 Å². The van der Waals surface area contributed by atoms with Gasteiger partial charge in [-0.1, -0.05) is 18.2 Å². The zero-order chi connectivity index (χ0) is 15.5. The number of nitrogens with zero attached hydrogens (tertiary/aromatic N) is 1. The maximum Gasteiger partial charge on any atom is 0.416 e. The molecule has 2 rings (SSSR count). The van der Waals surface area contributed by atoms with Gasteiger partial charge in [0.2, 0.25) is 0 Å². The van der Waals surface area contributed by atoms with Crippen molar-refractivity contribution in [2.24, 2.45) is 0 Å². The Morgan fingerprint density at radius 2 is 2.19 bits per heavy atom. The minimum atomic E-state index is -4.30. The molecule has 0 unspecified atom stereocenters. The summed E-state index contributed by atoms with van der Waals surface area (Å²) in [7, 11) is 1.53. The van der Waals surface area contributed by atoms with Crippen LogP contribution < -0.4 is 0 Å². The van der Waals surface area contributed by atoms with Gasteiger partial charge in [0.1, 0.15) is 0 Å². The molecule has 0 spiro atoms. The van der Waals surface area contributed by atoms with Crippen LogP contribution in [0.3, 0.4) is 0 Å². The molecule has 6 heteroatoms. The molecule has 1 saturated heterocycles. The summed E-state index contributed by atoms with van der Waals surface area (Å²) in [5.41, 5.74) is 0.117. The average molecular weight is 303 g/mol. The second-order valence-electron chi connectivity index (χ2n) is 5.48. The van der Waals surface area contributed by atoms with Gasteiger partial charge in [-0.25, -0.2) is 0 Å². The molecule has 1 heterocycles. The highest BCUT2D eigenvalue weighted by atomic mass is 19.4. The van der Waals surface area contributed by atoms with Crippen LogP contribution in [0.15, 0.2) is 24.3 Å². The third-order valence-corrected chi connectivity index (χ3v) is 3.79. The lowest BCUT2D eigenvalue weighted by Crippen LogP contribution is -2.33. The summed E-state index contributed by atoms with van der Waals surface area (Å²) < 4.78 is 43.1. The zero-order valence-electron chi connectivity index (χ0n) is 11.9. The van der Waals surface area contributed by atoms with Gasteiger partial charge in [-0.05, 0) is 30.5 Å². The van der Waals surface area contributed by atoms with Crippen LogP contribution >= 0.6 is 0 Å². The van der Waals surface area contributed by atoms with E-state index >= 15 is 0 Å². The second-order valence-corrected chi connectivity index (χ2v) is 5.48. The fraction of sp³-hybridized carbons (Fsp3) is 0.600. The Morgan fingerprint density at radius 1 is 1.43 bits per heavy atom. The number of ether oxygens (including phenoxy) is 1. The summed E-state index contributed by atoms with van der Waals surface area (Å²) in [6.07, 6.45) is -4.06. The first-order chi connectivity index (χ1) is 9.90. The highest BCUT2D eigenvalue weighted by Gasteiger charge is 2.32. The highest BCUT2D eigenvalue weighted by molar-refractivity contribution is 5.29. The Kier molecular flexibility index (Phi) is 5.24. The van der Waals surface area contributed by atoms with Crippen LogP contribution in [0, 0.1) is 0 Å². The molecule has 1 N–H and O–H groups in total. The van der Waals surface area contributed by atoms with Gasteiger partial charge >= 0.3 is 6.18 Å². The second kappa shape index (κ2) is 6.77. The Balaban J connectivity index is 1.98. The van der Waals surface area contributed by atoms with E-state index in [1.165, 1.54) is 19.2 Å². The van der Waals surface area contributed by atoms with Crippen molar-refractivity contribution in [2.45, 2.75) is 24.6 Å². The molecule has 0 radical (unpaired) electrons. The number of methoxy groups -OCH3 is 1. The molecule has 1 aromatic rings. The number of benzene rings is 1. The maximum atomic E-state index is 12.7. The predicted molar refractivity (Wildman–Crippen MR) is 73.1 cm³/mol. The molecule has 21 heavy (non-hydrogen) atoms. The van der Waals surface area contributed by atoms with Crippen molar-refractivity contribution in [3.8, 4) is 0 Å². The quantitative estimate of drug-likeness (QED) is 0.907. The number of rotatable bonds is 5. The Labute approximate surface area is 122 Å². The zero-order valence-corrected chi connectivity index (χ0v) is 11.9. The van der Waals surface area contributed by atoms with Crippen LogP contribution in [-0.4, -0.2) is 49.5 Å². The Bertz CT molecular complexity index is 464. The van der Waals surface area contributed by atoms with E-state index < -0.39 is 17.8 Å². The van der Waals surface area contributed by atoms with Gasteiger partial charge < -0.3 is 14.7 Å². The largest absolute Gasteiger partial charge is 0.416 e. The number of alkyl halides is 3. The number of β-amino-alcohol motifs (C(OH)–C–C–N with tert-alkyl or cyclic N) is 1. The van der Waals surface area contributed by atoms with E-state index in [-0.39, 0.29) is 12.5 Å². The van der Waals surface area contributed by atoms with Crippen LogP contribution in [0.1, 0.15) is 23.5 Å². The van der Waals surface area contributed by atoms with Gasteiger partial charge in [0.15, 0.2) is 0 Å². The molecule has 0 aliphatic carbocycles. The van der Waals surface area contributed by atoms with Crippen molar-refractivity contribution in [2.75, 3.05) is 33.4 Å². The smallest absolute Gasteiger partial charge is 0.389 e. The molecule has 118 valence electrons. The monoisotopic (exact) mass is 303 g/mol. The van der Waals surface area contributed by atoms with E-state index in [2.05, 4.69) is 4.90 Å². The van der Waals surface area contributed by atoms with Crippen LogP contribution in [0.5, 0.6) is 0 Å². The third-order valence-electron chi connectivity index (χ3n) is 3.79. The first-order valence-electron chi connectivity index (χ1n) is 6.96. The molecule has 0 bridgehead atoms. The summed E-state index contributed by atoms with van der Waals surface area (Å²) in [6.45, 7) is 2.21. The number of hydrogen-bond acceptors (Lipinski definition) is 3. The van der Waals surface area contributed by atoms with E-state index in [1.807, 2.05) is 0 Å². The van der Waals surface area contributed by atoms with Crippen molar-refractivity contribution < 1.29 is 23.0 Å². The highest BCUT2D eigenvalue weighted by Crippen LogP contribution is 2.33. The van der Waals surface area contributed by atoms with Crippen molar-refractivity contribution in [3.05, 3.63) is 35.4 Å². The van der Waals surface area contributed by atoms with Crippen LogP contribution in [0.25, 0.3) is 0 Å². The summed E-state index contributed by atoms with van der Waals surface area (Å²) in [5, 5.41) is 9.70. The normalized spacial score (nSPS) is 21.7. The van der Waals surface area contributed by atoms with Crippen molar-refractivity contribution >= 4 is 0 Å². The molecule has 1 aromatic carbocycles. The van der Waals surface area contributed by atoms with Crippen molar-refractivity contribution in [1.29, 1.82) is 0 Å². The summed E-state index contributed by atoms with van der Waals surface area (Å²) in [4.78, 5) is 2.06. The molecule has 1 aliphatic heterocycles. The van der Waals surface area contributed by atoms with Gasteiger partial charge in [-0.3, -0.25) is 0 Å². The molecular formula is C15H20F3NO2. The lowest BCUT2D eigenvalue weighted by Gasteiger charge is -2.20. The predicted octanol–water partition coefficient (Wildman–Crippen LogP) is 2.50. The minimum Gasteiger partial charge on any atom is -0.389 e. The lowest BCUT2D eigenvalue weighted by molar-refractivity contribution is -0.137. The summed E-state index contributed by atoms with van der Waals surface area (Å²) >= 11 is 0. The fourth-order valence-electron chi connectivity index (χ4n) is 2.78. The molecule has 3 nitrogen and oxygen atoms in total. The van der Waals surface area contributed by atoms with Gasteiger partial charge in [-0.15, -0.1) is 0 Å². The van der Waals surface area contributed by atoms with Gasteiger partial charge in [0.25, 0.3) is 0 Å². The summed E-state index contributed by atoms with van der Waals surface area (Å²) in [6, 6.07) is 5.54. The van der Waals surface area contributed by atoms with Crippen molar-refractivity contribution in [1.82, 2.24) is 4.90 Å². The molecule has 0 saturated carbocycles. The Hall–Kier alpha value is -1.11. The maximum absolute atomic E-state index is 12.7. The average Bonchev–Trinajstić information content (AvgIpc) is 2.86. The van der Waals surface area contributed by atoms with E-state index in [0.29, 0.717) is 18.7 Å². The number of halogens is 3. The topological polar surface area (TPSA) is 32.7 Å². The van der Waals surface area contributed by atoms with E-state index in [1.54, 1.807) is 6.07 Å². The molecular weight excluding hydrogens is 283 g/mol. The SMILES string of the molecule is COC[C@H](O)CN1CC[C@@H](c2cccc(C(F)(F)F)c2)C1. The number of aliphatic hydroxyl groups is 1. The van der Waals surface area contributed by atoms with Crippen molar-refractivity contribution in [3.63, 3.8) is 0 Å². The fourth-order valence-corrected chi connectivity index (χ4v) is 2.78. The van der Waals surface area contributed by atoms with Crippen LogP contribution in [-0.2, 0) is 10.9 Å². The lowest BCUT2D eigenvalue weighted by atomic mass is 9.96. The van der Waals surface area contributed by atoms with Gasteiger partial charge in [-0.2, -0.15) is 13.2 Å². The summed E-state index contributed by atoms with van der Waals surface area (Å²) in [5.74, 6) is 0.0852. The molecule has 0 aromatic heterocycles. The van der Waals surface area contributed by atoms with Gasteiger partial charge in [0, 0.05) is 20.2 Å². The number of aliphatic hydroxyl groups excluding tert-OH is 1. The third kappa shape index (κ3) is 4.43. The number of likely N-dealkylation sites (tertiary alicyclic amines) is 1. The minimum absolute atomic E-state index is 0.0852. The van der Waals surface area contributed by atoms with E-state index in [4.69, 9.17) is 4.74 Å². The molecule has 0 amide bonds. The Morgan fingerprint density at radius 3 is 2.86 bits per heavy atom.